The number of amides is 1. The smallest absolute Gasteiger partial charge is 0.259 e. The molecule has 11 nitrogen and oxygen atoms in total. The van der Waals surface area contributed by atoms with Crippen molar-refractivity contribution in [3.8, 4) is 29.0 Å². The molecule has 2 bridgehead atoms. The van der Waals surface area contributed by atoms with E-state index in [0.29, 0.717) is 60.5 Å². The minimum atomic E-state index is -0.120. The lowest BCUT2D eigenvalue weighted by Crippen LogP contribution is -2.58. The predicted molar refractivity (Wildman–Crippen MR) is 140 cm³/mol. The first kappa shape index (κ1) is 25.0. The van der Waals surface area contributed by atoms with Crippen molar-refractivity contribution in [3.05, 3.63) is 53.9 Å². The molecule has 6 heterocycles. The molecule has 0 saturated carbocycles. The van der Waals surface area contributed by atoms with Crippen molar-refractivity contribution in [3.63, 3.8) is 0 Å². The first-order valence-corrected chi connectivity index (χ1v) is 13.0. The van der Waals surface area contributed by atoms with Gasteiger partial charge in [0.15, 0.2) is 0 Å². The van der Waals surface area contributed by atoms with Crippen molar-refractivity contribution in [2.45, 2.75) is 37.6 Å². The molecule has 200 valence electrons. The van der Waals surface area contributed by atoms with Gasteiger partial charge in [-0.1, -0.05) is 0 Å². The van der Waals surface area contributed by atoms with E-state index in [4.69, 9.17) is 18.9 Å². The number of pyridine rings is 1. The minimum absolute atomic E-state index is 0.0391. The molecule has 39 heavy (non-hydrogen) atoms. The van der Waals surface area contributed by atoms with Crippen LogP contribution in [-0.2, 0) is 9.47 Å². The van der Waals surface area contributed by atoms with Gasteiger partial charge in [0.05, 0.1) is 43.8 Å². The number of rotatable bonds is 7. The quantitative estimate of drug-likeness (QED) is 0.487. The molecule has 4 fully saturated rings. The van der Waals surface area contributed by atoms with Crippen molar-refractivity contribution in [1.29, 1.82) is 5.26 Å². The SMILES string of the molecule is COc1nc(Nc2cc(-c3ccc(OC4CCOCC4)c(C#N)c3)ncn2)ccc1C(=O)N1CC2CC(C1)O2. The summed E-state index contributed by atoms with van der Waals surface area (Å²) in [6.45, 7) is 2.49. The number of carbonyl (C=O) groups is 1. The van der Waals surface area contributed by atoms with E-state index in [0.717, 1.165) is 24.8 Å². The molecule has 2 aromatic heterocycles. The lowest BCUT2D eigenvalue weighted by Gasteiger charge is -2.47. The molecule has 1 aromatic carbocycles. The number of anilines is 2. The van der Waals surface area contributed by atoms with E-state index in [2.05, 4.69) is 26.3 Å². The Kier molecular flexibility index (Phi) is 6.96. The lowest BCUT2D eigenvalue weighted by molar-refractivity contribution is -0.171. The maximum Gasteiger partial charge on any atom is 0.259 e. The van der Waals surface area contributed by atoms with Crippen LogP contribution in [-0.4, -0.2) is 77.5 Å². The number of fused-ring (bicyclic) bond motifs is 2. The van der Waals surface area contributed by atoms with Gasteiger partial charge in [-0.15, -0.1) is 0 Å². The number of morpholine rings is 1. The summed E-state index contributed by atoms with van der Waals surface area (Å²) in [5, 5.41) is 12.9. The molecule has 2 unspecified atom stereocenters. The van der Waals surface area contributed by atoms with Gasteiger partial charge in [-0.3, -0.25) is 4.79 Å². The number of carbonyl (C=O) groups excluding carboxylic acids is 1. The highest BCUT2D eigenvalue weighted by molar-refractivity contribution is 5.97. The van der Waals surface area contributed by atoms with E-state index in [1.165, 1.54) is 13.4 Å². The van der Waals surface area contributed by atoms with Crippen LogP contribution in [0.15, 0.2) is 42.7 Å². The van der Waals surface area contributed by atoms with Gasteiger partial charge in [-0.2, -0.15) is 10.2 Å². The molecule has 11 heteroatoms. The Morgan fingerprint density at radius 1 is 1.10 bits per heavy atom. The minimum Gasteiger partial charge on any atom is -0.489 e. The highest BCUT2D eigenvalue weighted by Gasteiger charge is 2.40. The summed E-state index contributed by atoms with van der Waals surface area (Å²) in [6, 6.07) is 12.9. The van der Waals surface area contributed by atoms with Crippen LogP contribution >= 0.6 is 0 Å². The summed E-state index contributed by atoms with van der Waals surface area (Å²) >= 11 is 0. The van der Waals surface area contributed by atoms with Gasteiger partial charge >= 0.3 is 0 Å². The van der Waals surface area contributed by atoms with Crippen LogP contribution in [0.3, 0.4) is 0 Å². The average molecular weight is 529 g/mol. The fourth-order valence-corrected chi connectivity index (χ4v) is 5.09. The van der Waals surface area contributed by atoms with Gasteiger partial charge < -0.3 is 29.2 Å². The maximum atomic E-state index is 13.1. The van der Waals surface area contributed by atoms with Crippen molar-refractivity contribution < 1.29 is 23.7 Å². The molecule has 1 amide bonds. The molecule has 0 spiro atoms. The van der Waals surface area contributed by atoms with Gasteiger partial charge in [0.2, 0.25) is 5.88 Å². The maximum absolute atomic E-state index is 13.1. The van der Waals surface area contributed by atoms with E-state index in [1.54, 1.807) is 35.2 Å². The topological polar surface area (TPSA) is 132 Å². The van der Waals surface area contributed by atoms with Gasteiger partial charge in [0, 0.05) is 44.0 Å². The number of aromatic nitrogens is 3. The Morgan fingerprint density at radius 2 is 1.90 bits per heavy atom. The molecule has 7 rings (SSSR count). The molecular weight excluding hydrogens is 500 g/mol. The summed E-state index contributed by atoms with van der Waals surface area (Å²) in [5.74, 6) is 1.64. The van der Waals surface area contributed by atoms with Crippen LogP contribution < -0.4 is 14.8 Å². The Morgan fingerprint density at radius 3 is 2.64 bits per heavy atom. The summed E-state index contributed by atoms with van der Waals surface area (Å²) < 4.78 is 22.5. The number of methoxy groups -OCH3 is 1. The van der Waals surface area contributed by atoms with Crippen molar-refractivity contribution in [2.24, 2.45) is 0 Å². The largest absolute Gasteiger partial charge is 0.489 e. The number of hydrogen-bond donors (Lipinski definition) is 1. The molecule has 4 saturated heterocycles. The Bertz CT molecular complexity index is 1400. The van der Waals surface area contributed by atoms with Crippen LogP contribution in [0.25, 0.3) is 11.3 Å². The number of nitrogens with one attached hydrogen (secondary N) is 1. The number of hydrogen-bond acceptors (Lipinski definition) is 10. The number of piperidine rings is 1. The molecule has 2 atom stereocenters. The fourth-order valence-electron chi connectivity index (χ4n) is 5.09. The third-order valence-corrected chi connectivity index (χ3v) is 7.11. The summed E-state index contributed by atoms with van der Waals surface area (Å²) in [5.41, 5.74) is 2.23. The van der Waals surface area contributed by atoms with Crippen molar-refractivity contribution in [1.82, 2.24) is 19.9 Å². The Labute approximate surface area is 225 Å². The normalized spacial score (nSPS) is 20.5. The van der Waals surface area contributed by atoms with E-state index >= 15 is 0 Å². The van der Waals surface area contributed by atoms with Gasteiger partial charge in [-0.05, 0) is 30.3 Å². The fraction of sp³-hybridized carbons (Fsp3) is 0.393. The summed E-state index contributed by atoms with van der Waals surface area (Å²) in [4.78, 5) is 28.0. The number of ether oxygens (including phenoxy) is 4. The number of nitrogens with zero attached hydrogens (tertiary/aromatic N) is 5. The van der Waals surface area contributed by atoms with Crippen LogP contribution in [0, 0.1) is 11.3 Å². The van der Waals surface area contributed by atoms with E-state index in [-0.39, 0.29) is 30.1 Å². The monoisotopic (exact) mass is 528 g/mol. The van der Waals surface area contributed by atoms with Crippen LogP contribution in [0.2, 0.25) is 0 Å². The van der Waals surface area contributed by atoms with Gasteiger partial charge in [0.25, 0.3) is 5.91 Å². The second-order valence-corrected chi connectivity index (χ2v) is 9.75. The Balaban J connectivity index is 1.17. The first-order valence-electron chi connectivity index (χ1n) is 13.0. The zero-order valence-electron chi connectivity index (χ0n) is 21.5. The van der Waals surface area contributed by atoms with Gasteiger partial charge in [-0.25, -0.2) is 9.97 Å². The second kappa shape index (κ2) is 10.8. The molecule has 4 aliphatic heterocycles. The average Bonchev–Trinajstić information content (AvgIpc) is 2.97. The molecule has 0 radical (unpaired) electrons. The van der Waals surface area contributed by atoms with E-state index in [1.807, 2.05) is 6.07 Å². The number of benzene rings is 1. The first-order chi connectivity index (χ1) is 19.1. The third kappa shape index (κ3) is 5.34. The second-order valence-electron chi connectivity index (χ2n) is 9.75. The summed E-state index contributed by atoms with van der Waals surface area (Å²) in [6.07, 6.45) is 4.34. The Hall–Kier alpha value is -4.27. The highest BCUT2D eigenvalue weighted by Crippen LogP contribution is 2.31. The lowest BCUT2D eigenvalue weighted by atomic mass is 9.98. The predicted octanol–water partition coefficient (Wildman–Crippen LogP) is 3.33. The van der Waals surface area contributed by atoms with Crippen LogP contribution in [0.4, 0.5) is 11.6 Å². The van der Waals surface area contributed by atoms with Gasteiger partial charge in [0.1, 0.15) is 41.4 Å². The molecule has 0 aliphatic carbocycles. The molecular formula is C28H28N6O5. The van der Waals surface area contributed by atoms with Crippen molar-refractivity contribution in [2.75, 3.05) is 38.7 Å². The molecule has 3 aromatic rings. The van der Waals surface area contributed by atoms with Crippen LogP contribution in [0.5, 0.6) is 11.6 Å². The zero-order valence-corrected chi connectivity index (χ0v) is 21.5. The van der Waals surface area contributed by atoms with Crippen molar-refractivity contribution >= 4 is 17.5 Å². The number of nitriles is 1. The third-order valence-electron chi connectivity index (χ3n) is 7.11. The van der Waals surface area contributed by atoms with E-state index in [9.17, 15) is 10.1 Å². The highest BCUT2D eigenvalue weighted by atomic mass is 16.5. The zero-order chi connectivity index (χ0) is 26.8. The van der Waals surface area contributed by atoms with Crippen LogP contribution in [0.1, 0.15) is 35.2 Å². The molecule has 1 N–H and O–H groups in total. The standard InChI is InChI=1S/C28H28N6O5/c1-36-27-22(28(35)34-14-20-11-21(15-34)38-20)3-5-25(33-27)32-26-12-23(30-16-31-26)17-2-4-24(18(10-17)13-29)39-19-6-8-37-9-7-19/h2-5,10,12,16,19-21H,6-9,11,14-15H2,1H3,(H,30,31,32,33). The summed E-state index contributed by atoms with van der Waals surface area (Å²) in [7, 11) is 1.49. The van der Waals surface area contributed by atoms with E-state index < -0.39 is 0 Å². The molecule has 4 aliphatic rings.